The smallest absolute Gasteiger partial charge is 0.208 e. The van der Waals surface area contributed by atoms with E-state index in [1.807, 2.05) is 19.2 Å². The van der Waals surface area contributed by atoms with Crippen LogP contribution in [-0.2, 0) is 0 Å². The highest BCUT2D eigenvalue weighted by Gasteiger charge is 2.29. The molecule has 1 saturated carbocycles. The summed E-state index contributed by atoms with van der Waals surface area (Å²) in [6.07, 6.45) is 8.54. The van der Waals surface area contributed by atoms with Crippen molar-refractivity contribution < 1.29 is 4.74 Å². The summed E-state index contributed by atoms with van der Waals surface area (Å²) in [5.41, 5.74) is 1.10. The zero-order valence-corrected chi connectivity index (χ0v) is 14.3. The molecule has 0 atom stereocenters. The van der Waals surface area contributed by atoms with Gasteiger partial charge in [0.15, 0.2) is 0 Å². The summed E-state index contributed by atoms with van der Waals surface area (Å²) < 4.78 is 5.98. The van der Waals surface area contributed by atoms with E-state index in [0.717, 1.165) is 49.0 Å². The third-order valence-corrected chi connectivity index (χ3v) is 5.83. The molecule has 2 aromatic rings. The van der Waals surface area contributed by atoms with Crippen LogP contribution in [0.2, 0.25) is 0 Å². The maximum absolute atomic E-state index is 5.98. The van der Waals surface area contributed by atoms with Gasteiger partial charge in [-0.05, 0) is 44.6 Å². The lowest BCUT2D eigenvalue weighted by Crippen LogP contribution is -2.35. The van der Waals surface area contributed by atoms with E-state index in [2.05, 4.69) is 20.1 Å². The molecule has 3 heterocycles. The number of ether oxygens (including phenoxy) is 1. The Balaban J connectivity index is 1.28. The fourth-order valence-corrected chi connectivity index (χ4v) is 4.03. The second kappa shape index (κ2) is 6.43. The second-order valence-corrected chi connectivity index (χ2v) is 7.57. The molecule has 2 fully saturated rings. The van der Waals surface area contributed by atoms with Crippen LogP contribution in [0.5, 0.6) is 5.75 Å². The number of hydrogen-bond acceptors (Lipinski definition) is 6. The highest BCUT2D eigenvalue weighted by atomic mass is 32.1. The summed E-state index contributed by atoms with van der Waals surface area (Å²) >= 11 is 1.79. The minimum absolute atomic E-state index is 0.620. The molecule has 6 heteroatoms. The van der Waals surface area contributed by atoms with Gasteiger partial charge in [0.2, 0.25) is 5.13 Å². The Morgan fingerprint density at radius 1 is 1.22 bits per heavy atom. The van der Waals surface area contributed by atoms with Crippen molar-refractivity contribution in [2.24, 2.45) is 5.92 Å². The molecule has 1 saturated heterocycles. The first-order valence-electron chi connectivity index (χ1n) is 8.41. The minimum atomic E-state index is 0.620. The first kappa shape index (κ1) is 14.9. The molecule has 0 N–H and O–H groups in total. The molecule has 0 unspecified atom stereocenters. The van der Waals surface area contributed by atoms with E-state index >= 15 is 0 Å². The molecule has 0 spiro atoms. The van der Waals surface area contributed by atoms with E-state index in [1.165, 1.54) is 17.8 Å². The zero-order valence-electron chi connectivity index (χ0n) is 13.4. The SMILES string of the molecule is Cc1cnccc1OCC1CCN(c2nnc(C3CC3)s2)CC1. The van der Waals surface area contributed by atoms with Crippen molar-refractivity contribution in [3.63, 3.8) is 0 Å². The molecule has 0 bridgehead atoms. The Morgan fingerprint density at radius 2 is 2.04 bits per heavy atom. The van der Waals surface area contributed by atoms with Gasteiger partial charge in [0.25, 0.3) is 0 Å². The molecule has 122 valence electrons. The van der Waals surface area contributed by atoms with Gasteiger partial charge >= 0.3 is 0 Å². The third-order valence-electron chi connectivity index (χ3n) is 4.68. The summed E-state index contributed by atoms with van der Waals surface area (Å²) in [4.78, 5) is 6.49. The summed E-state index contributed by atoms with van der Waals surface area (Å²) in [5.74, 6) is 2.28. The van der Waals surface area contributed by atoms with Crippen LogP contribution in [0.3, 0.4) is 0 Å². The number of rotatable bonds is 5. The fraction of sp³-hybridized carbons (Fsp3) is 0.588. The van der Waals surface area contributed by atoms with E-state index in [1.54, 1.807) is 17.5 Å². The van der Waals surface area contributed by atoms with Gasteiger partial charge in [0, 0.05) is 37.0 Å². The summed E-state index contributed by atoms with van der Waals surface area (Å²) in [6.45, 7) is 4.95. The lowest BCUT2D eigenvalue weighted by molar-refractivity contribution is 0.221. The summed E-state index contributed by atoms with van der Waals surface area (Å²) in [6, 6.07) is 1.95. The molecule has 5 nitrogen and oxygen atoms in total. The number of hydrogen-bond donors (Lipinski definition) is 0. The zero-order chi connectivity index (χ0) is 15.6. The molecule has 2 aromatic heterocycles. The monoisotopic (exact) mass is 330 g/mol. The van der Waals surface area contributed by atoms with Crippen molar-refractivity contribution in [1.29, 1.82) is 0 Å². The van der Waals surface area contributed by atoms with Crippen LogP contribution in [0.15, 0.2) is 18.5 Å². The number of pyridine rings is 1. The van der Waals surface area contributed by atoms with E-state index in [4.69, 9.17) is 4.74 Å². The Labute approximate surface area is 140 Å². The molecular formula is C17H22N4OS. The van der Waals surface area contributed by atoms with Gasteiger partial charge in [-0.2, -0.15) is 0 Å². The van der Waals surface area contributed by atoms with Gasteiger partial charge < -0.3 is 9.64 Å². The van der Waals surface area contributed by atoms with E-state index in [-0.39, 0.29) is 0 Å². The summed E-state index contributed by atoms with van der Waals surface area (Å²) in [5, 5.41) is 11.1. The molecule has 1 aliphatic carbocycles. The average Bonchev–Trinajstić information content (AvgIpc) is 3.32. The molecule has 0 amide bonds. The van der Waals surface area contributed by atoms with Crippen LogP contribution < -0.4 is 9.64 Å². The van der Waals surface area contributed by atoms with Crippen LogP contribution in [0, 0.1) is 12.8 Å². The molecule has 0 aromatic carbocycles. The maximum atomic E-state index is 5.98. The molecule has 2 aliphatic rings. The van der Waals surface area contributed by atoms with Gasteiger partial charge in [-0.25, -0.2) is 0 Å². The lowest BCUT2D eigenvalue weighted by atomic mass is 9.98. The average molecular weight is 330 g/mol. The molecule has 0 radical (unpaired) electrons. The van der Waals surface area contributed by atoms with Crippen LogP contribution in [0.25, 0.3) is 0 Å². The van der Waals surface area contributed by atoms with Gasteiger partial charge in [0.1, 0.15) is 10.8 Å². The largest absolute Gasteiger partial charge is 0.493 e. The van der Waals surface area contributed by atoms with Crippen molar-refractivity contribution in [1.82, 2.24) is 15.2 Å². The number of piperidine rings is 1. The predicted octanol–water partition coefficient (Wildman–Crippen LogP) is 3.41. The highest BCUT2D eigenvalue weighted by molar-refractivity contribution is 7.15. The number of nitrogens with zero attached hydrogens (tertiary/aromatic N) is 4. The topological polar surface area (TPSA) is 51.1 Å². The minimum Gasteiger partial charge on any atom is -0.493 e. The molecule has 1 aliphatic heterocycles. The van der Waals surface area contributed by atoms with E-state index < -0.39 is 0 Å². The lowest BCUT2D eigenvalue weighted by Gasteiger charge is -2.31. The Hall–Kier alpha value is -1.69. The van der Waals surface area contributed by atoms with Crippen LogP contribution in [-0.4, -0.2) is 34.9 Å². The van der Waals surface area contributed by atoms with Gasteiger partial charge in [-0.3, -0.25) is 4.98 Å². The normalized spacial score (nSPS) is 19.1. The highest BCUT2D eigenvalue weighted by Crippen LogP contribution is 2.42. The predicted molar refractivity (Wildman–Crippen MR) is 91.3 cm³/mol. The quantitative estimate of drug-likeness (QED) is 0.841. The van der Waals surface area contributed by atoms with Gasteiger partial charge in [-0.1, -0.05) is 11.3 Å². The van der Waals surface area contributed by atoms with Crippen LogP contribution in [0.4, 0.5) is 5.13 Å². The Kier molecular flexibility index (Phi) is 4.16. The van der Waals surface area contributed by atoms with Crippen LogP contribution >= 0.6 is 11.3 Å². The summed E-state index contributed by atoms with van der Waals surface area (Å²) in [7, 11) is 0. The Bertz CT molecular complexity index is 662. The maximum Gasteiger partial charge on any atom is 0.208 e. The van der Waals surface area contributed by atoms with Crippen LogP contribution in [0.1, 0.15) is 42.2 Å². The molecule has 23 heavy (non-hydrogen) atoms. The molecular weight excluding hydrogens is 308 g/mol. The van der Waals surface area contributed by atoms with Crippen molar-refractivity contribution in [3.05, 3.63) is 29.0 Å². The van der Waals surface area contributed by atoms with Crippen molar-refractivity contribution in [3.8, 4) is 5.75 Å². The number of anilines is 1. The fourth-order valence-electron chi connectivity index (χ4n) is 2.97. The number of aryl methyl sites for hydroxylation is 1. The van der Waals surface area contributed by atoms with Crippen molar-refractivity contribution >= 4 is 16.5 Å². The van der Waals surface area contributed by atoms with Crippen molar-refractivity contribution in [2.45, 2.75) is 38.5 Å². The van der Waals surface area contributed by atoms with E-state index in [0.29, 0.717) is 11.8 Å². The first-order valence-corrected chi connectivity index (χ1v) is 9.23. The van der Waals surface area contributed by atoms with Gasteiger partial charge in [0.05, 0.1) is 6.61 Å². The Morgan fingerprint density at radius 3 is 2.78 bits per heavy atom. The first-order chi connectivity index (χ1) is 11.3. The second-order valence-electron chi connectivity index (χ2n) is 6.58. The number of aromatic nitrogens is 3. The van der Waals surface area contributed by atoms with Crippen molar-refractivity contribution in [2.75, 3.05) is 24.6 Å². The molecule has 4 rings (SSSR count). The standard InChI is InChI=1S/C17H22N4OS/c1-12-10-18-7-4-15(12)22-11-13-5-8-21(9-6-13)17-20-19-16(23-17)14-2-3-14/h4,7,10,13-14H,2-3,5-6,8-9,11H2,1H3. The third kappa shape index (κ3) is 3.47. The van der Waals surface area contributed by atoms with E-state index in [9.17, 15) is 0 Å². The van der Waals surface area contributed by atoms with Gasteiger partial charge in [-0.15, -0.1) is 10.2 Å².